The first kappa shape index (κ1) is 31.9. The minimum absolute atomic E-state index is 0.148. The Kier molecular flexibility index (Phi) is 9.98. The number of carbonyl (C=O) groups excluding carboxylic acids is 3. The monoisotopic (exact) mass is 624 g/mol. The maximum atomic E-state index is 14.0. The Balaban J connectivity index is 1.31. The van der Waals surface area contributed by atoms with Gasteiger partial charge in [-0.1, -0.05) is 92.7 Å². The van der Waals surface area contributed by atoms with Crippen molar-refractivity contribution in [2.24, 2.45) is 5.92 Å². The largest absolute Gasteiger partial charge is 0.413 e. The molecule has 45 heavy (non-hydrogen) atoms. The number of aromatic nitrogens is 1. The third-order valence-electron chi connectivity index (χ3n) is 8.47. The van der Waals surface area contributed by atoms with Gasteiger partial charge in [0, 0.05) is 11.9 Å². The number of nitrogens with zero attached hydrogens (tertiary/aromatic N) is 2. The Hall–Kier alpha value is -4.50. The van der Waals surface area contributed by atoms with Crippen LogP contribution in [0.1, 0.15) is 68.4 Å². The quantitative estimate of drug-likeness (QED) is 0.210. The van der Waals surface area contributed by atoms with Crippen LogP contribution in [0.15, 0.2) is 96.4 Å². The molecule has 4 aromatic rings. The molecule has 1 aliphatic rings. The van der Waals surface area contributed by atoms with E-state index in [1.165, 1.54) is 0 Å². The van der Waals surface area contributed by atoms with Crippen molar-refractivity contribution < 1.29 is 19.1 Å². The first-order valence-corrected chi connectivity index (χ1v) is 16.3. The summed E-state index contributed by atoms with van der Waals surface area (Å²) < 4.78 is 5.25. The van der Waals surface area contributed by atoms with Gasteiger partial charge in [0.25, 0.3) is 0 Å². The number of para-hydroxylation sites is 1. The Morgan fingerprint density at radius 2 is 1.47 bits per heavy atom. The van der Waals surface area contributed by atoms with Crippen LogP contribution in [0.3, 0.4) is 0 Å². The molecule has 3 amide bonds. The van der Waals surface area contributed by atoms with Gasteiger partial charge in [0.1, 0.15) is 22.8 Å². The fourth-order valence-corrected chi connectivity index (χ4v) is 6.87. The topological polar surface area (TPSA) is 101 Å². The first-order chi connectivity index (χ1) is 21.7. The predicted molar refractivity (Wildman–Crippen MR) is 176 cm³/mol. The molecule has 0 radical (unpaired) electrons. The van der Waals surface area contributed by atoms with Gasteiger partial charge in [0.15, 0.2) is 0 Å². The van der Waals surface area contributed by atoms with Gasteiger partial charge in [-0.2, -0.15) is 0 Å². The molecule has 2 heterocycles. The number of hydrogen-bond donors (Lipinski definition) is 2. The summed E-state index contributed by atoms with van der Waals surface area (Å²) in [6.45, 7) is 8.16. The average Bonchev–Trinajstić information content (AvgIpc) is 3.75. The lowest BCUT2D eigenvalue weighted by Crippen LogP contribution is -2.55. The molecular formula is C36H40N4O4S. The van der Waals surface area contributed by atoms with E-state index in [1.807, 2.05) is 61.2 Å². The zero-order valence-corrected chi connectivity index (χ0v) is 26.9. The highest BCUT2D eigenvalue weighted by Crippen LogP contribution is 2.42. The number of likely N-dealkylation sites (tertiary alicyclic amines) is 1. The van der Waals surface area contributed by atoms with Crippen LogP contribution in [0.4, 0.5) is 4.79 Å². The van der Waals surface area contributed by atoms with E-state index in [0.717, 1.165) is 34.7 Å². The van der Waals surface area contributed by atoms with Gasteiger partial charge in [-0.3, -0.25) is 9.59 Å². The van der Waals surface area contributed by atoms with Gasteiger partial charge < -0.3 is 20.3 Å². The van der Waals surface area contributed by atoms with E-state index in [4.69, 9.17) is 9.72 Å². The predicted octanol–water partition coefficient (Wildman–Crippen LogP) is 6.48. The molecule has 5 rings (SSSR count). The number of benzene rings is 3. The molecule has 0 aliphatic carbocycles. The highest BCUT2D eigenvalue weighted by Gasteiger charge is 2.40. The number of carbonyl (C=O) groups is 3. The molecule has 2 N–H and O–H groups in total. The lowest BCUT2D eigenvalue weighted by atomic mass is 9.74. The van der Waals surface area contributed by atoms with Crippen molar-refractivity contribution in [3.05, 3.63) is 118 Å². The fourth-order valence-electron chi connectivity index (χ4n) is 5.80. The second kappa shape index (κ2) is 14.1. The van der Waals surface area contributed by atoms with E-state index in [1.54, 1.807) is 42.5 Å². The molecule has 3 atom stereocenters. The van der Waals surface area contributed by atoms with Crippen molar-refractivity contribution in [2.45, 2.75) is 64.1 Å². The van der Waals surface area contributed by atoms with E-state index < -0.39 is 29.5 Å². The van der Waals surface area contributed by atoms with E-state index in [0.29, 0.717) is 12.3 Å². The maximum Gasteiger partial charge on any atom is 0.413 e. The lowest BCUT2D eigenvalue weighted by Gasteiger charge is -2.31. The Labute approximate surface area is 268 Å². The van der Waals surface area contributed by atoms with Crippen molar-refractivity contribution in [1.29, 1.82) is 0 Å². The minimum Gasteiger partial charge on any atom is -0.410 e. The van der Waals surface area contributed by atoms with Gasteiger partial charge in [-0.05, 0) is 55.9 Å². The molecule has 0 unspecified atom stereocenters. The number of ether oxygens (including phenoxy) is 1. The van der Waals surface area contributed by atoms with Crippen molar-refractivity contribution in [1.82, 2.24) is 20.5 Å². The van der Waals surface area contributed by atoms with E-state index in [2.05, 4.69) is 47.2 Å². The second-order valence-corrected chi connectivity index (χ2v) is 12.8. The molecule has 1 fully saturated rings. The lowest BCUT2D eigenvalue weighted by molar-refractivity contribution is -0.138. The minimum atomic E-state index is -0.903. The number of hydrogen-bond acceptors (Lipinski definition) is 6. The molecule has 3 aromatic carbocycles. The second-order valence-electron chi connectivity index (χ2n) is 11.9. The Bertz CT molecular complexity index is 1550. The zero-order valence-electron chi connectivity index (χ0n) is 26.1. The molecular weight excluding hydrogens is 584 g/mol. The SMILES string of the molecule is CC(C)[C@H](NC(=O)[C@H](C)NC(=O)Oc1ccccc1)C(=O)N1CCC[C@@H]1c1nc(C(C)(c2ccccc2)c2ccccc2)cs1. The van der Waals surface area contributed by atoms with Crippen LogP contribution in [0.25, 0.3) is 0 Å². The molecule has 0 saturated carbocycles. The Morgan fingerprint density at radius 1 is 0.889 bits per heavy atom. The highest BCUT2D eigenvalue weighted by atomic mass is 32.1. The number of nitrogens with one attached hydrogen (secondary N) is 2. The average molecular weight is 625 g/mol. The number of amides is 3. The normalized spacial score (nSPS) is 16.2. The van der Waals surface area contributed by atoms with Gasteiger partial charge in [0.05, 0.1) is 17.2 Å². The third kappa shape index (κ3) is 7.09. The molecule has 234 valence electrons. The molecule has 0 spiro atoms. The van der Waals surface area contributed by atoms with Gasteiger partial charge in [0.2, 0.25) is 11.8 Å². The summed E-state index contributed by atoms with van der Waals surface area (Å²) in [6, 6.07) is 27.5. The van der Waals surface area contributed by atoms with Crippen molar-refractivity contribution in [2.75, 3.05) is 6.54 Å². The van der Waals surface area contributed by atoms with Crippen molar-refractivity contribution >= 4 is 29.2 Å². The summed E-state index contributed by atoms with van der Waals surface area (Å²) in [4.78, 5) is 46.5. The standard InChI is InChI=1S/C36H40N4O4S/c1-24(2)31(39-32(41)25(3)37-35(43)44-28-19-12-7-13-20-28)34(42)40-22-14-21-29(40)33-38-30(23-45-33)36(4,26-15-8-5-9-16-26)27-17-10-6-11-18-27/h5-13,15-20,23-25,29,31H,14,21-22H2,1-4H3,(H,37,43)(H,39,41)/t25-,29+,31-/m0/s1. The van der Waals surface area contributed by atoms with Crippen LogP contribution in [0.5, 0.6) is 5.75 Å². The summed E-state index contributed by atoms with van der Waals surface area (Å²) in [7, 11) is 0. The highest BCUT2D eigenvalue weighted by molar-refractivity contribution is 7.09. The van der Waals surface area contributed by atoms with Crippen LogP contribution < -0.4 is 15.4 Å². The van der Waals surface area contributed by atoms with Crippen LogP contribution in [-0.4, -0.2) is 46.4 Å². The summed E-state index contributed by atoms with van der Waals surface area (Å²) in [5.41, 5.74) is 2.76. The van der Waals surface area contributed by atoms with E-state index >= 15 is 0 Å². The van der Waals surface area contributed by atoms with Crippen LogP contribution in [0.2, 0.25) is 0 Å². The third-order valence-corrected chi connectivity index (χ3v) is 9.42. The van der Waals surface area contributed by atoms with Crippen LogP contribution >= 0.6 is 11.3 Å². The summed E-state index contributed by atoms with van der Waals surface area (Å²) in [5, 5.41) is 8.44. The van der Waals surface area contributed by atoms with Gasteiger partial charge in [-0.25, -0.2) is 9.78 Å². The molecule has 1 saturated heterocycles. The smallest absolute Gasteiger partial charge is 0.410 e. The molecule has 0 bridgehead atoms. The molecule has 9 heteroatoms. The van der Waals surface area contributed by atoms with Gasteiger partial charge in [-0.15, -0.1) is 11.3 Å². The van der Waals surface area contributed by atoms with Crippen molar-refractivity contribution in [3.8, 4) is 5.75 Å². The first-order valence-electron chi connectivity index (χ1n) is 15.4. The summed E-state index contributed by atoms with van der Waals surface area (Å²) in [6.07, 6.45) is 0.907. The van der Waals surface area contributed by atoms with E-state index in [9.17, 15) is 14.4 Å². The van der Waals surface area contributed by atoms with Crippen LogP contribution in [0, 0.1) is 5.92 Å². The van der Waals surface area contributed by atoms with Crippen molar-refractivity contribution in [3.63, 3.8) is 0 Å². The number of thiazole rings is 1. The summed E-state index contributed by atoms with van der Waals surface area (Å²) in [5.74, 6) is -0.403. The maximum absolute atomic E-state index is 14.0. The number of rotatable bonds is 10. The molecule has 1 aromatic heterocycles. The van der Waals surface area contributed by atoms with Crippen LogP contribution in [-0.2, 0) is 15.0 Å². The Morgan fingerprint density at radius 3 is 2.04 bits per heavy atom. The van der Waals surface area contributed by atoms with Gasteiger partial charge >= 0.3 is 6.09 Å². The zero-order chi connectivity index (χ0) is 32.0. The molecule has 8 nitrogen and oxygen atoms in total. The fraction of sp³-hybridized carbons (Fsp3) is 0.333. The van der Waals surface area contributed by atoms with E-state index in [-0.39, 0.29) is 17.9 Å². The summed E-state index contributed by atoms with van der Waals surface area (Å²) >= 11 is 1.58. The molecule has 1 aliphatic heterocycles.